The Morgan fingerprint density at radius 2 is 1.54 bits per heavy atom. The van der Waals surface area contributed by atoms with Crippen LogP contribution >= 0.6 is 0 Å². The quantitative estimate of drug-likeness (QED) is 0.641. The molecule has 0 unspecified atom stereocenters. The Hall–Kier alpha value is -2.83. The van der Waals surface area contributed by atoms with Crippen molar-refractivity contribution >= 4 is 11.4 Å². The molecule has 136 valence electrons. The Balaban J connectivity index is 1.89. The fourth-order valence-corrected chi connectivity index (χ4v) is 2.31. The molecule has 0 radical (unpaired) electrons. The van der Waals surface area contributed by atoms with Crippen LogP contribution in [0.2, 0.25) is 0 Å². The molecule has 0 bridgehead atoms. The highest BCUT2D eigenvalue weighted by Gasteiger charge is 2.30. The van der Waals surface area contributed by atoms with Gasteiger partial charge in [-0.2, -0.15) is 13.2 Å². The molecule has 26 heavy (non-hydrogen) atoms. The number of nitrogens with zero attached hydrogens (tertiary/aromatic N) is 2. The van der Waals surface area contributed by atoms with Crippen molar-refractivity contribution < 1.29 is 17.6 Å². The van der Waals surface area contributed by atoms with Crippen molar-refractivity contribution in [1.29, 1.82) is 0 Å². The molecular formula is C19H18F3N3O. The molecule has 0 fully saturated rings. The molecule has 7 heteroatoms. The molecule has 4 nitrogen and oxygen atoms in total. The number of rotatable bonds is 3. The summed E-state index contributed by atoms with van der Waals surface area (Å²) in [5.74, 6) is 0.863. The van der Waals surface area contributed by atoms with E-state index in [2.05, 4.69) is 15.5 Å². The topological polar surface area (TPSA) is 51.0 Å². The van der Waals surface area contributed by atoms with Crippen molar-refractivity contribution in [3.8, 4) is 11.5 Å². The zero-order valence-electron chi connectivity index (χ0n) is 14.6. The van der Waals surface area contributed by atoms with Crippen LogP contribution in [-0.4, -0.2) is 10.2 Å². The van der Waals surface area contributed by atoms with Gasteiger partial charge in [0.05, 0.1) is 16.8 Å². The summed E-state index contributed by atoms with van der Waals surface area (Å²) < 4.78 is 43.8. The number of halogens is 3. The van der Waals surface area contributed by atoms with Gasteiger partial charge < -0.3 is 9.73 Å². The fourth-order valence-electron chi connectivity index (χ4n) is 2.31. The number of anilines is 2. The lowest BCUT2D eigenvalue weighted by molar-refractivity contribution is -0.137. The second-order valence-electron chi connectivity index (χ2n) is 6.91. The number of hydrogen-bond donors (Lipinski definition) is 1. The van der Waals surface area contributed by atoms with E-state index in [1.807, 2.05) is 39.0 Å². The number of para-hydroxylation sites is 1. The molecular weight excluding hydrogens is 343 g/mol. The van der Waals surface area contributed by atoms with Crippen molar-refractivity contribution in [1.82, 2.24) is 10.2 Å². The summed E-state index contributed by atoms with van der Waals surface area (Å²) in [6.07, 6.45) is -4.36. The van der Waals surface area contributed by atoms with E-state index >= 15 is 0 Å². The molecule has 0 saturated carbocycles. The molecule has 0 atom stereocenters. The summed E-state index contributed by atoms with van der Waals surface area (Å²) in [7, 11) is 0. The van der Waals surface area contributed by atoms with Gasteiger partial charge in [-0.3, -0.25) is 0 Å². The molecule has 1 N–H and O–H groups in total. The van der Waals surface area contributed by atoms with Gasteiger partial charge in [-0.05, 0) is 36.4 Å². The monoisotopic (exact) mass is 361 g/mol. The molecule has 1 aromatic heterocycles. The van der Waals surface area contributed by atoms with E-state index in [9.17, 15) is 13.2 Å². The Labute approximate surface area is 149 Å². The third kappa shape index (κ3) is 3.87. The summed E-state index contributed by atoms with van der Waals surface area (Å²) in [5.41, 5.74) is 0.900. The molecule has 1 heterocycles. The average Bonchev–Trinajstić information content (AvgIpc) is 3.05. The van der Waals surface area contributed by atoms with Crippen molar-refractivity contribution in [2.24, 2.45) is 0 Å². The highest BCUT2D eigenvalue weighted by atomic mass is 19.4. The maximum Gasteiger partial charge on any atom is 0.416 e. The van der Waals surface area contributed by atoms with Crippen LogP contribution in [0.1, 0.15) is 32.2 Å². The number of benzene rings is 2. The predicted octanol–water partition coefficient (Wildman–Crippen LogP) is 5.80. The molecule has 0 amide bonds. The summed E-state index contributed by atoms with van der Waals surface area (Å²) in [6, 6.07) is 12.1. The summed E-state index contributed by atoms with van der Waals surface area (Å²) in [4.78, 5) is 0. The highest BCUT2D eigenvalue weighted by molar-refractivity contribution is 5.76. The van der Waals surface area contributed by atoms with Gasteiger partial charge in [-0.15, -0.1) is 10.2 Å². The van der Waals surface area contributed by atoms with Gasteiger partial charge >= 0.3 is 6.18 Å². The second kappa shape index (κ2) is 6.48. The Bertz CT molecular complexity index is 893. The van der Waals surface area contributed by atoms with E-state index in [0.717, 1.165) is 12.1 Å². The minimum Gasteiger partial charge on any atom is -0.420 e. The second-order valence-corrected chi connectivity index (χ2v) is 6.91. The largest absolute Gasteiger partial charge is 0.420 e. The van der Waals surface area contributed by atoms with Gasteiger partial charge in [0, 0.05) is 11.1 Å². The first-order valence-corrected chi connectivity index (χ1v) is 8.02. The van der Waals surface area contributed by atoms with Crippen LogP contribution in [0.25, 0.3) is 11.5 Å². The number of alkyl halides is 3. The van der Waals surface area contributed by atoms with E-state index in [4.69, 9.17) is 4.42 Å². The van der Waals surface area contributed by atoms with Crippen molar-refractivity contribution in [3.05, 3.63) is 60.0 Å². The van der Waals surface area contributed by atoms with Crippen LogP contribution in [-0.2, 0) is 11.6 Å². The summed E-state index contributed by atoms with van der Waals surface area (Å²) >= 11 is 0. The number of nitrogens with one attached hydrogen (secondary N) is 1. The lowest BCUT2D eigenvalue weighted by Crippen LogP contribution is -2.11. The van der Waals surface area contributed by atoms with Crippen LogP contribution in [0.15, 0.2) is 52.9 Å². The first kappa shape index (κ1) is 18.0. The SMILES string of the molecule is CC(C)(C)c1nnc(-c2ccccc2Nc2ccc(C(F)(F)F)cc2)o1. The van der Waals surface area contributed by atoms with Crippen LogP contribution in [0.4, 0.5) is 24.5 Å². The molecule has 0 aliphatic rings. The van der Waals surface area contributed by atoms with Crippen LogP contribution in [0, 0.1) is 0 Å². The summed E-state index contributed by atoms with van der Waals surface area (Å²) in [6.45, 7) is 5.91. The minimum absolute atomic E-state index is 0.277. The van der Waals surface area contributed by atoms with Crippen LogP contribution in [0.5, 0.6) is 0 Å². The molecule has 3 aromatic rings. The first-order chi connectivity index (χ1) is 12.1. The number of hydrogen-bond acceptors (Lipinski definition) is 4. The van der Waals surface area contributed by atoms with Gasteiger partial charge in [0.1, 0.15) is 0 Å². The normalized spacial score (nSPS) is 12.2. The average molecular weight is 361 g/mol. The van der Waals surface area contributed by atoms with E-state index < -0.39 is 11.7 Å². The Kier molecular flexibility index (Phi) is 4.48. The smallest absolute Gasteiger partial charge is 0.416 e. The first-order valence-electron chi connectivity index (χ1n) is 8.02. The van der Waals surface area contributed by atoms with Crippen molar-refractivity contribution in [2.75, 3.05) is 5.32 Å². The lowest BCUT2D eigenvalue weighted by atomic mass is 9.97. The van der Waals surface area contributed by atoms with Crippen LogP contribution < -0.4 is 5.32 Å². The highest BCUT2D eigenvalue weighted by Crippen LogP contribution is 2.33. The van der Waals surface area contributed by atoms with E-state index in [-0.39, 0.29) is 5.41 Å². The minimum atomic E-state index is -4.36. The van der Waals surface area contributed by atoms with E-state index in [0.29, 0.717) is 28.7 Å². The van der Waals surface area contributed by atoms with Gasteiger partial charge in [0.15, 0.2) is 0 Å². The molecule has 0 saturated heterocycles. The van der Waals surface area contributed by atoms with Gasteiger partial charge in [0.25, 0.3) is 0 Å². The van der Waals surface area contributed by atoms with Crippen molar-refractivity contribution in [3.63, 3.8) is 0 Å². The van der Waals surface area contributed by atoms with Gasteiger partial charge in [-0.25, -0.2) is 0 Å². The van der Waals surface area contributed by atoms with E-state index in [1.54, 1.807) is 6.07 Å². The van der Waals surface area contributed by atoms with Crippen molar-refractivity contribution in [2.45, 2.75) is 32.4 Å². The van der Waals surface area contributed by atoms with Gasteiger partial charge in [-0.1, -0.05) is 32.9 Å². The molecule has 2 aromatic carbocycles. The molecule has 0 spiro atoms. The maximum atomic E-state index is 12.7. The summed E-state index contributed by atoms with van der Waals surface area (Å²) in [5, 5.41) is 11.3. The van der Waals surface area contributed by atoms with Crippen LogP contribution in [0.3, 0.4) is 0 Å². The Morgan fingerprint density at radius 1 is 0.885 bits per heavy atom. The fraction of sp³-hybridized carbons (Fsp3) is 0.263. The van der Waals surface area contributed by atoms with E-state index in [1.165, 1.54) is 12.1 Å². The number of aromatic nitrogens is 2. The third-order valence-corrected chi connectivity index (χ3v) is 3.72. The molecule has 3 rings (SSSR count). The predicted molar refractivity (Wildman–Crippen MR) is 93.2 cm³/mol. The zero-order valence-corrected chi connectivity index (χ0v) is 14.6. The third-order valence-electron chi connectivity index (χ3n) is 3.72. The molecule has 0 aliphatic carbocycles. The lowest BCUT2D eigenvalue weighted by Gasteiger charge is -2.12. The molecule has 0 aliphatic heterocycles. The Morgan fingerprint density at radius 3 is 2.12 bits per heavy atom. The zero-order chi connectivity index (χ0) is 18.9. The van der Waals surface area contributed by atoms with Gasteiger partial charge in [0.2, 0.25) is 11.8 Å². The standard InChI is InChI=1S/C19H18F3N3O/c1-18(2,3)17-25-24-16(26-17)14-6-4-5-7-15(14)23-13-10-8-12(9-11-13)19(20,21)22/h4-11,23H,1-3H3. The maximum absolute atomic E-state index is 12.7.